The predicted octanol–water partition coefficient (Wildman–Crippen LogP) is 4.22. The van der Waals surface area contributed by atoms with E-state index in [0.29, 0.717) is 11.6 Å². The third kappa shape index (κ3) is 2.39. The number of hydrogen-bond donors (Lipinski definition) is 1. The van der Waals surface area contributed by atoms with E-state index in [2.05, 4.69) is 25.9 Å². The summed E-state index contributed by atoms with van der Waals surface area (Å²) in [5.41, 5.74) is 8.79. The molecule has 0 amide bonds. The second-order valence-electron chi connectivity index (χ2n) is 3.97. The molecule has 0 fully saturated rings. The fraction of sp³-hybridized carbons (Fsp3) is 0. The standard InChI is InChI=1S/C14H10BrN3S/c15-11-12(9-4-2-1-3-5-9)17-14(18-13(11)16)10-6-7-19-8-10/h1-8H,(H2,16,17,18). The zero-order valence-electron chi connectivity index (χ0n) is 9.88. The Labute approximate surface area is 123 Å². The van der Waals surface area contributed by atoms with E-state index in [-0.39, 0.29) is 0 Å². The molecular weight excluding hydrogens is 322 g/mol. The maximum Gasteiger partial charge on any atom is 0.163 e. The van der Waals surface area contributed by atoms with Crippen molar-refractivity contribution in [2.24, 2.45) is 0 Å². The van der Waals surface area contributed by atoms with Crippen molar-refractivity contribution in [1.82, 2.24) is 9.97 Å². The van der Waals surface area contributed by atoms with E-state index in [1.54, 1.807) is 11.3 Å². The van der Waals surface area contributed by atoms with Crippen LogP contribution in [0.2, 0.25) is 0 Å². The van der Waals surface area contributed by atoms with Crippen molar-refractivity contribution in [3.05, 3.63) is 51.6 Å². The molecule has 0 saturated carbocycles. The van der Waals surface area contributed by atoms with E-state index >= 15 is 0 Å². The van der Waals surface area contributed by atoms with Crippen molar-refractivity contribution in [2.75, 3.05) is 5.73 Å². The first-order valence-electron chi connectivity index (χ1n) is 5.66. The predicted molar refractivity (Wildman–Crippen MR) is 82.9 cm³/mol. The molecule has 0 aliphatic heterocycles. The van der Waals surface area contributed by atoms with Crippen molar-refractivity contribution < 1.29 is 0 Å². The average molecular weight is 332 g/mol. The number of aromatic nitrogens is 2. The molecule has 2 aromatic heterocycles. The molecule has 2 heterocycles. The van der Waals surface area contributed by atoms with E-state index in [9.17, 15) is 0 Å². The Kier molecular flexibility index (Phi) is 3.31. The van der Waals surface area contributed by atoms with Crippen LogP contribution in [0.25, 0.3) is 22.6 Å². The Bertz CT molecular complexity index is 696. The fourth-order valence-corrected chi connectivity index (χ4v) is 2.81. The molecule has 19 heavy (non-hydrogen) atoms. The van der Waals surface area contributed by atoms with Gasteiger partial charge in [-0.2, -0.15) is 11.3 Å². The summed E-state index contributed by atoms with van der Waals surface area (Å²) in [5, 5.41) is 4.01. The van der Waals surface area contributed by atoms with Gasteiger partial charge in [0.2, 0.25) is 0 Å². The smallest absolute Gasteiger partial charge is 0.163 e. The number of nitrogens with zero attached hydrogens (tertiary/aromatic N) is 2. The minimum atomic E-state index is 0.454. The quantitative estimate of drug-likeness (QED) is 0.764. The largest absolute Gasteiger partial charge is 0.383 e. The van der Waals surface area contributed by atoms with Gasteiger partial charge in [-0.1, -0.05) is 30.3 Å². The SMILES string of the molecule is Nc1nc(-c2ccsc2)nc(-c2ccccc2)c1Br. The molecule has 0 saturated heterocycles. The first kappa shape index (κ1) is 12.3. The number of hydrogen-bond acceptors (Lipinski definition) is 4. The van der Waals surface area contributed by atoms with Gasteiger partial charge in [-0.25, -0.2) is 9.97 Å². The lowest BCUT2D eigenvalue weighted by Crippen LogP contribution is -1.99. The summed E-state index contributed by atoms with van der Waals surface area (Å²) in [6.45, 7) is 0. The van der Waals surface area contributed by atoms with Gasteiger partial charge in [-0.15, -0.1) is 0 Å². The van der Waals surface area contributed by atoms with Crippen LogP contribution in [0.15, 0.2) is 51.6 Å². The number of nitrogens with two attached hydrogens (primary N) is 1. The van der Waals surface area contributed by atoms with Crippen molar-refractivity contribution in [2.45, 2.75) is 0 Å². The van der Waals surface area contributed by atoms with Gasteiger partial charge in [0.05, 0.1) is 10.2 Å². The van der Waals surface area contributed by atoms with Crippen LogP contribution < -0.4 is 5.73 Å². The van der Waals surface area contributed by atoms with Crippen LogP contribution in [0.3, 0.4) is 0 Å². The number of rotatable bonds is 2. The Morgan fingerprint density at radius 3 is 2.47 bits per heavy atom. The Morgan fingerprint density at radius 1 is 1.00 bits per heavy atom. The highest BCUT2D eigenvalue weighted by atomic mass is 79.9. The zero-order chi connectivity index (χ0) is 13.2. The molecule has 94 valence electrons. The van der Waals surface area contributed by atoms with Gasteiger partial charge in [0.1, 0.15) is 5.82 Å². The highest BCUT2D eigenvalue weighted by molar-refractivity contribution is 9.10. The summed E-state index contributed by atoms with van der Waals surface area (Å²) < 4.78 is 0.734. The summed E-state index contributed by atoms with van der Waals surface area (Å²) >= 11 is 5.08. The second kappa shape index (κ2) is 5.11. The molecule has 3 nitrogen and oxygen atoms in total. The third-order valence-corrected chi connectivity index (χ3v) is 4.17. The third-order valence-electron chi connectivity index (χ3n) is 2.70. The minimum Gasteiger partial charge on any atom is -0.383 e. The number of halogens is 1. The van der Waals surface area contributed by atoms with Crippen LogP contribution in [0.4, 0.5) is 5.82 Å². The normalized spacial score (nSPS) is 10.6. The van der Waals surface area contributed by atoms with E-state index in [1.165, 1.54) is 0 Å². The maximum atomic E-state index is 5.97. The molecule has 0 aliphatic carbocycles. The maximum absolute atomic E-state index is 5.97. The molecule has 3 rings (SSSR count). The van der Waals surface area contributed by atoms with Crippen LogP contribution in [0.1, 0.15) is 0 Å². The van der Waals surface area contributed by atoms with Crippen molar-refractivity contribution >= 4 is 33.1 Å². The number of anilines is 1. The molecule has 3 aromatic rings. The van der Waals surface area contributed by atoms with Gasteiger partial charge in [0.25, 0.3) is 0 Å². The average Bonchev–Trinajstić information content (AvgIpc) is 2.97. The molecule has 0 aliphatic rings. The van der Waals surface area contributed by atoms with Gasteiger partial charge >= 0.3 is 0 Å². The van der Waals surface area contributed by atoms with Gasteiger partial charge in [0.15, 0.2) is 5.82 Å². The number of nitrogen functional groups attached to an aromatic ring is 1. The summed E-state index contributed by atoms with van der Waals surface area (Å²) in [6, 6.07) is 11.9. The highest BCUT2D eigenvalue weighted by Gasteiger charge is 2.13. The highest BCUT2D eigenvalue weighted by Crippen LogP contribution is 2.32. The molecule has 0 atom stereocenters. The molecule has 0 radical (unpaired) electrons. The lowest BCUT2D eigenvalue weighted by atomic mass is 10.1. The first-order valence-corrected chi connectivity index (χ1v) is 7.40. The van der Waals surface area contributed by atoms with Crippen LogP contribution in [-0.2, 0) is 0 Å². The number of thiophene rings is 1. The van der Waals surface area contributed by atoms with Crippen LogP contribution in [0, 0.1) is 0 Å². The van der Waals surface area contributed by atoms with E-state index in [1.807, 2.05) is 47.2 Å². The topological polar surface area (TPSA) is 51.8 Å². The minimum absolute atomic E-state index is 0.454. The lowest BCUT2D eigenvalue weighted by molar-refractivity contribution is 1.18. The Morgan fingerprint density at radius 2 is 1.79 bits per heavy atom. The summed E-state index contributed by atoms with van der Waals surface area (Å²) in [4.78, 5) is 8.94. The number of benzene rings is 1. The monoisotopic (exact) mass is 331 g/mol. The van der Waals surface area contributed by atoms with E-state index in [4.69, 9.17) is 5.73 Å². The van der Waals surface area contributed by atoms with Crippen LogP contribution >= 0.6 is 27.3 Å². The zero-order valence-corrected chi connectivity index (χ0v) is 12.3. The van der Waals surface area contributed by atoms with Gasteiger partial charge in [-0.3, -0.25) is 0 Å². The second-order valence-corrected chi connectivity index (χ2v) is 5.55. The van der Waals surface area contributed by atoms with Crippen LogP contribution in [-0.4, -0.2) is 9.97 Å². The fourth-order valence-electron chi connectivity index (χ4n) is 1.77. The summed E-state index contributed by atoms with van der Waals surface area (Å²) in [6.07, 6.45) is 0. The first-order chi connectivity index (χ1) is 9.25. The van der Waals surface area contributed by atoms with Crippen molar-refractivity contribution in [1.29, 1.82) is 0 Å². The Hall–Kier alpha value is -1.72. The molecule has 5 heteroatoms. The molecule has 0 bridgehead atoms. The van der Waals surface area contributed by atoms with E-state index in [0.717, 1.165) is 21.3 Å². The summed E-state index contributed by atoms with van der Waals surface area (Å²) in [5.74, 6) is 1.11. The van der Waals surface area contributed by atoms with Gasteiger partial charge in [-0.05, 0) is 27.4 Å². The van der Waals surface area contributed by atoms with Crippen LogP contribution in [0.5, 0.6) is 0 Å². The molecule has 0 unspecified atom stereocenters. The van der Waals surface area contributed by atoms with Crippen molar-refractivity contribution in [3.8, 4) is 22.6 Å². The Balaban J connectivity index is 2.20. The molecule has 0 spiro atoms. The summed E-state index contributed by atoms with van der Waals surface area (Å²) in [7, 11) is 0. The lowest BCUT2D eigenvalue weighted by Gasteiger charge is -2.08. The van der Waals surface area contributed by atoms with E-state index < -0.39 is 0 Å². The molecule has 2 N–H and O–H groups in total. The molecule has 1 aromatic carbocycles. The van der Waals surface area contributed by atoms with Crippen molar-refractivity contribution in [3.63, 3.8) is 0 Å². The van der Waals surface area contributed by atoms with Gasteiger partial charge < -0.3 is 5.73 Å². The van der Waals surface area contributed by atoms with Gasteiger partial charge in [0, 0.05) is 16.5 Å². The molecular formula is C14H10BrN3S.